The van der Waals surface area contributed by atoms with E-state index < -0.39 is 0 Å². The standard InChI is InChI=1S/C13H22N4OS/c1-8-5-4-6-9(2)17(8)16-12(18)11-7-19-13(15-11)10(3)14/h7-10H,4-6,14H2,1-3H3,(H,16,18). The summed E-state index contributed by atoms with van der Waals surface area (Å²) in [5, 5.41) is 4.62. The smallest absolute Gasteiger partial charge is 0.285 e. The second-order valence-corrected chi connectivity index (χ2v) is 6.23. The molecular formula is C13H22N4OS. The van der Waals surface area contributed by atoms with Crippen LogP contribution in [0.1, 0.15) is 61.6 Å². The lowest BCUT2D eigenvalue weighted by Gasteiger charge is -2.38. The first-order chi connectivity index (χ1) is 8.99. The number of piperidine rings is 1. The molecule has 0 aliphatic carbocycles. The maximum Gasteiger partial charge on any atom is 0.285 e. The summed E-state index contributed by atoms with van der Waals surface area (Å²) < 4.78 is 0. The number of aromatic nitrogens is 1. The minimum absolute atomic E-state index is 0.126. The monoisotopic (exact) mass is 282 g/mol. The lowest BCUT2D eigenvalue weighted by molar-refractivity contribution is 0.0366. The van der Waals surface area contributed by atoms with Gasteiger partial charge >= 0.3 is 0 Å². The molecule has 1 aliphatic heterocycles. The van der Waals surface area contributed by atoms with E-state index in [0.29, 0.717) is 17.8 Å². The number of hydrazine groups is 1. The number of hydrogen-bond acceptors (Lipinski definition) is 5. The predicted molar refractivity (Wildman–Crippen MR) is 76.8 cm³/mol. The largest absolute Gasteiger partial charge is 0.322 e. The third-order valence-electron chi connectivity index (χ3n) is 3.57. The van der Waals surface area contributed by atoms with Crippen molar-refractivity contribution in [2.24, 2.45) is 5.73 Å². The Morgan fingerprint density at radius 2 is 2.16 bits per heavy atom. The van der Waals surface area contributed by atoms with Crippen molar-refractivity contribution in [3.63, 3.8) is 0 Å². The lowest BCUT2D eigenvalue weighted by Crippen LogP contribution is -2.54. The van der Waals surface area contributed by atoms with Crippen molar-refractivity contribution in [3.8, 4) is 0 Å². The van der Waals surface area contributed by atoms with E-state index in [1.807, 2.05) is 6.92 Å². The molecule has 0 aromatic carbocycles. The number of nitrogens with two attached hydrogens (primary N) is 1. The van der Waals surface area contributed by atoms with E-state index in [0.717, 1.165) is 17.8 Å². The van der Waals surface area contributed by atoms with Crippen molar-refractivity contribution in [1.82, 2.24) is 15.4 Å². The Morgan fingerprint density at radius 3 is 2.68 bits per heavy atom. The number of nitrogens with one attached hydrogen (secondary N) is 1. The van der Waals surface area contributed by atoms with Gasteiger partial charge in [-0.25, -0.2) is 9.99 Å². The number of thiazole rings is 1. The maximum atomic E-state index is 12.2. The molecule has 1 amide bonds. The van der Waals surface area contributed by atoms with Gasteiger partial charge in [0.15, 0.2) is 0 Å². The first kappa shape index (κ1) is 14.4. The number of carbonyl (C=O) groups excluding carboxylic acids is 1. The fourth-order valence-corrected chi connectivity index (χ4v) is 3.18. The van der Waals surface area contributed by atoms with Crippen LogP contribution in [0.4, 0.5) is 0 Å². The molecule has 2 heterocycles. The zero-order valence-corrected chi connectivity index (χ0v) is 12.5. The van der Waals surface area contributed by atoms with Crippen LogP contribution >= 0.6 is 11.3 Å². The van der Waals surface area contributed by atoms with Crippen molar-refractivity contribution >= 4 is 17.2 Å². The maximum absolute atomic E-state index is 12.2. The summed E-state index contributed by atoms with van der Waals surface area (Å²) in [6, 6.07) is 0.623. The Labute approximate surface area is 118 Å². The SMILES string of the molecule is CC(N)c1nc(C(=O)NN2C(C)CCCC2C)cs1. The molecule has 1 fully saturated rings. The number of amides is 1. The van der Waals surface area contributed by atoms with E-state index in [1.54, 1.807) is 5.38 Å². The van der Waals surface area contributed by atoms with E-state index in [1.165, 1.54) is 17.8 Å². The summed E-state index contributed by atoms with van der Waals surface area (Å²) in [6.45, 7) is 6.16. The fraction of sp³-hybridized carbons (Fsp3) is 0.692. The van der Waals surface area contributed by atoms with Crippen LogP contribution in [-0.4, -0.2) is 28.0 Å². The molecule has 1 aliphatic rings. The van der Waals surface area contributed by atoms with Gasteiger partial charge < -0.3 is 5.73 Å². The highest BCUT2D eigenvalue weighted by molar-refractivity contribution is 7.09. The summed E-state index contributed by atoms with van der Waals surface area (Å²) in [5.74, 6) is -0.135. The second-order valence-electron chi connectivity index (χ2n) is 5.34. The highest BCUT2D eigenvalue weighted by Crippen LogP contribution is 2.21. The Kier molecular flexibility index (Phi) is 4.54. The third-order valence-corrected chi connectivity index (χ3v) is 4.61. The van der Waals surface area contributed by atoms with E-state index in [9.17, 15) is 4.79 Å². The molecule has 6 heteroatoms. The molecule has 3 unspecified atom stereocenters. The quantitative estimate of drug-likeness (QED) is 0.890. The molecule has 2 rings (SSSR count). The average Bonchev–Trinajstić information content (AvgIpc) is 2.83. The van der Waals surface area contributed by atoms with Crippen molar-refractivity contribution in [2.45, 2.75) is 58.2 Å². The van der Waals surface area contributed by atoms with Gasteiger partial charge in [-0.1, -0.05) is 6.42 Å². The Balaban J connectivity index is 2.03. The molecule has 1 aromatic heterocycles. The normalized spacial score (nSPS) is 26.1. The molecule has 0 saturated carbocycles. The average molecular weight is 282 g/mol. The van der Waals surface area contributed by atoms with Crippen LogP contribution in [0.15, 0.2) is 5.38 Å². The van der Waals surface area contributed by atoms with Gasteiger partial charge in [-0.05, 0) is 33.6 Å². The Bertz CT molecular complexity index is 436. The molecule has 1 aromatic rings. The van der Waals surface area contributed by atoms with Crippen molar-refractivity contribution < 1.29 is 4.79 Å². The van der Waals surface area contributed by atoms with E-state index in [-0.39, 0.29) is 11.9 Å². The molecule has 1 saturated heterocycles. The minimum Gasteiger partial charge on any atom is -0.322 e. The zero-order valence-electron chi connectivity index (χ0n) is 11.7. The first-order valence-corrected chi connectivity index (χ1v) is 7.67. The number of hydrogen-bond donors (Lipinski definition) is 2. The second kappa shape index (κ2) is 5.98. The van der Waals surface area contributed by atoms with Gasteiger partial charge in [0, 0.05) is 17.5 Å². The van der Waals surface area contributed by atoms with Crippen LogP contribution in [0.5, 0.6) is 0 Å². The van der Waals surface area contributed by atoms with Crippen LogP contribution in [-0.2, 0) is 0 Å². The minimum atomic E-state index is -0.135. The van der Waals surface area contributed by atoms with Crippen LogP contribution < -0.4 is 11.2 Å². The molecular weight excluding hydrogens is 260 g/mol. The van der Waals surface area contributed by atoms with Crippen molar-refractivity contribution in [1.29, 1.82) is 0 Å². The number of rotatable bonds is 3. The zero-order chi connectivity index (χ0) is 14.0. The first-order valence-electron chi connectivity index (χ1n) is 6.79. The van der Waals surface area contributed by atoms with Gasteiger partial charge in [-0.15, -0.1) is 11.3 Å². The van der Waals surface area contributed by atoms with Crippen LogP contribution in [0.25, 0.3) is 0 Å². The summed E-state index contributed by atoms with van der Waals surface area (Å²) in [5.41, 5.74) is 9.21. The topological polar surface area (TPSA) is 71.2 Å². The summed E-state index contributed by atoms with van der Waals surface area (Å²) in [6.07, 6.45) is 3.46. The number of nitrogens with zero attached hydrogens (tertiary/aromatic N) is 2. The van der Waals surface area contributed by atoms with Gasteiger partial charge in [0.05, 0.1) is 6.04 Å². The van der Waals surface area contributed by atoms with E-state index in [4.69, 9.17) is 5.73 Å². The molecule has 0 radical (unpaired) electrons. The van der Waals surface area contributed by atoms with Crippen LogP contribution in [0, 0.1) is 0 Å². The van der Waals surface area contributed by atoms with Gasteiger partial charge in [0.1, 0.15) is 10.7 Å². The van der Waals surface area contributed by atoms with Gasteiger partial charge in [-0.2, -0.15) is 0 Å². The highest BCUT2D eigenvalue weighted by Gasteiger charge is 2.27. The summed E-state index contributed by atoms with van der Waals surface area (Å²) in [7, 11) is 0. The van der Waals surface area contributed by atoms with E-state index >= 15 is 0 Å². The molecule has 106 valence electrons. The molecule has 0 bridgehead atoms. The third kappa shape index (κ3) is 3.32. The fourth-order valence-electron chi connectivity index (χ4n) is 2.42. The van der Waals surface area contributed by atoms with Gasteiger partial charge in [-0.3, -0.25) is 10.2 Å². The van der Waals surface area contributed by atoms with Crippen LogP contribution in [0.2, 0.25) is 0 Å². The summed E-state index contributed by atoms with van der Waals surface area (Å²) >= 11 is 1.43. The van der Waals surface area contributed by atoms with Gasteiger partial charge in [0.25, 0.3) is 5.91 Å². The Hall–Kier alpha value is -0.980. The molecule has 3 N–H and O–H groups in total. The summed E-state index contributed by atoms with van der Waals surface area (Å²) in [4.78, 5) is 16.5. The molecule has 0 spiro atoms. The van der Waals surface area contributed by atoms with Crippen LogP contribution in [0.3, 0.4) is 0 Å². The Morgan fingerprint density at radius 1 is 1.53 bits per heavy atom. The number of carbonyl (C=O) groups is 1. The lowest BCUT2D eigenvalue weighted by atomic mass is 10.00. The predicted octanol–water partition coefficient (Wildman–Crippen LogP) is 2.07. The molecule has 5 nitrogen and oxygen atoms in total. The van der Waals surface area contributed by atoms with E-state index in [2.05, 4.69) is 29.3 Å². The highest BCUT2D eigenvalue weighted by atomic mass is 32.1. The van der Waals surface area contributed by atoms with Gasteiger partial charge in [0.2, 0.25) is 0 Å². The molecule has 19 heavy (non-hydrogen) atoms. The van der Waals surface area contributed by atoms with Crippen molar-refractivity contribution in [2.75, 3.05) is 0 Å². The van der Waals surface area contributed by atoms with Crippen molar-refractivity contribution in [3.05, 3.63) is 16.1 Å². The molecule has 3 atom stereocenters.